The number of ketones is 1. The van der Waals surface area contributed by atoms with E-state index in [-0.39, 0.29) is 36.5 Å². The SMILES string of the molecule is CCCC(NC(=O)[C@@H]1CC2(CN1C(=O)C(NC(=O)Cc1ccccc1)C1CCCCC1)SCCCS2)C(=O)C(=O)NCC(=O)NC(C(=O)N(C)C)c1ccccc1. The first-order valence-corrected chi connectivity index (χ1v) is 22.0. The van der Waals surface area contributed by atoms with Gasteiger partial charge in [-0.1, -0.05) is 93.3 Å². The molecule has 308 valence electrons. The molecule has 1 aliphatic carbocycles. The lowest BCUT2D eigenvalue weighted by Gasteiger charge is -2.35. The molecule has 4 N–H and O–H groups in total. The van der Waals surface area contributed by atoms with Gasteiger partial charge < -0.3 is 31.1 Å². The summed E-state index contributed by atoms with van der Waals surface area (Å²) in [5, 5.41) is 10.9. The van der Waals surface area contributed by atoms with Gasteiger partial charge in [0.05, 0.1) is 23.1 Å². The third-order valence-corrected chi connectivity index (χ3v) is 14.1. The molecule has 3 aliphatic rings. The van der Waals surface area contributed by atoms with Gasteiger partial charge in [-0.3, -0.25) is 33.6 Å². The first-order valence-electron chi connectivity index (χ1n) is 20.0. The number of likely N-dealkylation sites (N-methyl/N-ethyl adjacent to an activating group) is 1. The Labute approximate surface area is 344 Å². The van der Waals surface area contributed by atoms with E-state index in [4.69, 9.17) is 0 Å². The van der Waals surface area contributed by atoms with Crippen LogP contribution in [0.3, 0.4) is 0 Å². The number of nitrogens with zero attached hydrogens (tertiary/aromatic N) is 2. The number of amides is 6. The van der Waals surface area contributed by atoms with Crippen molar-refractivity contribution < 1.29 is 33.6 Å². The zero-order chi connectivity index (χ0) is 41.0. The van der Waals surface area contributed by atoms with E-state index in [0.29, 0.717) is 24.9 Å². The molecule has 1 saturated carbocycles. The molecule has 2 aliphatic heterocycles. The van der Waals surface area contributed by atoms with Gasteiger partial charge in [-0.25, -0.2) is 0 Å². The Morgan fingerprint density at radius 1 is 0.825 bits per heavy atom. The van der Waals surface area contributed by atoms with E-state index < -0.39 is 58.3 Å². The van der Waals surface area contributed by atoms with E-state index in [1.54, 1.807) is 72.9 Å². The second-order valence-electron chi connectivity index (χ2n) is 15.3. The van der Waals surface area contributed by atoms with E-state index in [1.165, 1.54) is 4.90 Å². The molecule has 2 aromatic carbocycles. The Morgan fingerprint density at radius 3 is 2.11 bits per heavy atom. The van der Waals surface area contributed by atoms with E-state index in [1.807, 2.05) is 37.3 Å². The number of Topliss-reactive ketones (excluding diaryl/α,β-unsaturated/α-hetero) is 1. The van der Waals surface area contributed by atoms with E-state index in [0.717, 1.165) is 55.6 Å². The number of carbonyl (C=O) groups excluding carboxylic acids is 7. The van der Waals surface area contributed by atoms with Gasteiger partial charge in [-0.2, -0.15) is 0 Å². The van der Waals surface area contributed by atoms with Crippen molar-refractivity contribution in [3.63, 3.8) is 0 Å². The molecule has 3 unspecified atom stereocenters. The molecule has 3 fully saturated rings. The third-order valence-electron chi connectivity index (χ3n) is 10.8. The minimum atomic E-state index is -1.20. The smallest absolute Gasteiger partial charge is 0.290 e. The fourth-order valence-electron chi connectivity index (χ4n) is 7.80. The van der Waals surface area contributed by atoms with Crippen LogP contribution in [0.4, 0.5) is 0 Å². The van der Waals surface area contributed by atoms with E-state index >= 15 is 0 Å². The minimum absolute atomic E-state index is 0.0721. The van der Waals surface area contributed by atoms with Crippen molar-refractivity contribution in [2.75, 3.05) is 38.7 Å². The second-order valence-corrected chi connectivity index (χ2v) is 18.5. The Kier molecular flexibility index (Phi) is 16.0. The van der Waals surface area contributed by atoms with Crippen molar-refractivity contribution in [3.8, 4) is 0 Å². The van der Waals surface area contributed by atoms with Crippen molar-refractivity contribution in [2.24, 2.45) is 5.92 Å². The quantitative estimate of drug-likeness (QED) is 0.185. The maximum atomic E-state index is 14.7. The van der Waals surface area contributed by atoms with Crippen LogP contribution in [0.2, 0.25) is 0 Å². The molecule has 0 bridgehead atoms. The van der Waals surface area contributed by atoms with Crippen molar-refractivity contribution in [2.45, 2.75) is 99.4 Å². The molecule has 6 amide bonds. The molecule has 2 heterocycles. The maximum absolute atomic E-state index is 14.7. The molecule has 57 heavy (non-hydrogen) atoms. The number of hydrogen-bond donors (Lipinski definition) is 4. The standard InChI is InChI=1S/C42H56N6O7S2/c1-4-15-31(37(51)39(53)43-26-34(50)46-35(40(54)47(2)3)29-18-10-6-11-19-29)44-38(52)32-25-42(56-22-14-23-57-42)27-48(32)41(55)36(30-20-12-7-13-21-30)45-33(49)24-28-16-8-5-9-17-28/h5-6,8-11,16-19,30-32,35-36H,4,7,12-15,20-27H2,1-3H3,(H,43,53)(H,44,52)(H,45,49)(H,46,50)/t31?,32-,35?,36?/m0/s1. The average molecular weight is 821 g/mol. The Bertz CT molecular complexity index is 1730. The van der Waals surface area contributed by atoms with Crippen molar-refractivity contribution in [1.82, 2.24) is 31.1 Å². The molecule has 4 atom stereocenters. The first kappa shape index (κ1) is 43.7. The van der Waals surface area contributed by atoms with Crippen LogP contribution in [-0.2, 0) is 40.0 Å². The van der Waals surface area contributed by atoms with Crippen LogP contribution < -0.4 is 21.3 Å². The van der Waals surface area contributed by atoms with Gasteiger partial charge in [0, 0.05) is 27.1 Å². The van der Waals surface area contributed by atoms with Gasteiger partial charge in [0.2, 0.25) is 35.3 Å². The van der Waals surface area contributed by atoms with Gasteiger partial charge >= 0.3 is 0 Å². The monoisotopic (exact) mass is 820 g/mol. The Balaban J connectivity index is 1.28. The molecular weight excluding hydrogens is 765 g/mol. The lowest BCUT2D eigenvalue weighted by Crippen LogP contribution is -2.58. The van der Waals surface area contributed by atoms with Gasteiger partial charge in [0.25, 0.3) is 5.91 Å². The first-order chi connectivity index (χ1) is 27.4. The number of rotatable bonds is 16. The van der Waals surface area contributed by atoms with Crippen LogP contribution >= 0.6 is 23.5 Å². The predicted octanol–water partition coefficient (Wildman–Crippen LogP) is 3.38. The molecule has 1 spiro atoms. The Hall–Kier alpha value is -4.37. The molecule has 2 aromatic rings. The Morgan fingerprint density at radius 2 is 1.47 bits per heavy atom. The summed E-state index contributed by atoms with van der Waals surface area (Å²) < 4.78 is -0.415. The summed E-state index contributed by atoms with van der Waals surface area (Å²) in [7, 11) is 3.14. The number of thioether (sulfide) groups is 2. The van der Waals surface area contributed by atoms with Crippen LogP contribution in [0.15, 0.2) is 60.7 Å². The summed E-state index contributed by atoms with van der Waals surface area (Å²) in [6.07, 6.45) is 6.69. The van der Waals surface area contributed by atoms with Gasteiger partial charge in [0.1, 0.15) is 18.1 Å². The summed E-state index contributed by atoms with van der Waals surface area (Å²) >= 11 is 3.49. The molecule has 0 aromatic heterocycles. The van der Waals surface area contributed by atoms with E-state index in [2.05, 4.69) is 21.3 Å². The highest BCUT2D eigenvalue weighted by atomic mass is 32.2. The highest BCUT2D eigenvalue weighted by Crippen LogP contribution is 2.50. The van der Waals surface area contributed by atoms with Crippen LogP contribution in [0.1, 0.15) is 81.9 Å². The number of hydrogen-bond acceptors (Lipinski definition) is 9. The van der Waals surface area contributed by atoms with Crippen molar-refractivity contribution >= 4 is 64.8 Å². The second kappa shape index (κ2) is 20.9. The zero-order valence-corrected chi connectivity index (χ0v) is 34.8. The lowest BCUT2D eigenvalue weighted by molar-refractivity contribution is -0.144. The summed E-state index contributed by atoms with van der Waals surface area (Å²) in [4.78, 5) is 98.1. The number of benzene rings is 2. The normalized spacial score (nSPS) is 19.4. The molecule has 5 rings (SSSR count). The summed E-state index contributed by atoms with van der Waals surface area (Å²) in [6.45, 7) is 1.58. The summed E-state index contributed by atoms with van der Waals surface area (Å²) in [5.74, 6) is -2.37. The molecule has 2 saturated heterocycles. The molecule has 0 radical (unpaired) electrons. The summed E-state index contributed by atoms with van der Waals surface area (Å²) in [6, 6.07) is 14.1. The zero-order valence-electron chi connectivity index (χ0n) is 33.1. The number of nitrogens with one attached hydrogen (secondary N) is 4. The van der Waals surface area contributed by atoms with Crippen LogP contribution in [0, 0.1) is 5.92 Å². The van der Waals surface area contributed by atoms with Gasteiger partial charge in [0.15, 0.2) is 0 Å². The van der Waals surface area contributed by atoms with Gasteiger partial charge in [-0.15, -0.1) is 23.5 Å². The van der Waals surface area contributed by atoms with Crippen LogP contribution in [-0.4, -0.2) is 112 Å². The fourth-order valence-corrected chi connectivity index (χ4v) is 11.1. The number of carbonyl (C=O) groups is 7. The average Bonchev–Trinajstić information content (AvgIpc) is 3.59. The molecule has 15 heteroatoms. The maximum Gasteiger partial charge on any atom is 0.290 e. The van der Waals surface area contributed by atoms with Crippen LogP contribution in [0.25, 0.3) is 0 Å². The molecule has 13 nitrogen and oxygen atoms in total. The topological polar surface area (TPSA) is 174 Å². The van der Waals surface area contributed by atoms with Gasteiger partial charge in [-0.05, 0) is 54.2 Å². The fraction of sp³-hybridized carbons (Fsp3) is 0.548. The number of likely N-dealkylation sites (tertiary alicyclic amines) is 1. The predicted molar refractivity (Wildman–Crippen MR) is 222 cm³/mol. The van der Waals surface area contributed by atoms with Crippen LogP contribution in [0.5, 0.6) is 0 Å². The van der Waals surface area contributed by atoms with Crippen molar-refractivity contribution in [1.29, 1.82) is 0 Å². The lowest BCUT2D eigenvalue weighted by atomic mass is 9.83. The third kappa shape index (κ3) is 11.8. The highest BCUT2D eigenvalue weighted by molar-refractivity contribution is 8.18. The van der Waals surface area contributed by atoms with Crippen molar-refractivity contribution in [3.05, 3.63) is 71.8 Å². The minimum Gasteiger partial charge on any atom is -0.347 e. The largest absolute Gasteiger partial charge is 0.347 e. The highest BCUT2D eigenvalue weighted by Gasteiger charge is 2.52. The summed E-state index contributed by atoms with van der Waals surface area (Å²) in [5.41, 5.74) is 1.40. The molecular formula is C42H56N6O7S2. The van der Waals surface area contributed by atoms with E-state index in [9.17, 15) is 33.6 Å².